The molecule has 2 aromatic carbocycles. The van der Waals surface area contributed by atoms with E-state index in [0.717, 1.165) is 55.7 Å². The second-order valence-electron chi connectivity index (χ2n) is 8.61. The van der Waals surface area contributed by atoms with E-state index in [9.17, 15) is 0 Å². The van der Waals surface area contributed by atoms with Crippen molar-refractivity contribution >= 4 is 5.69 Å². The summed E-state index contributed by atoms with van der Waals surface area (Å²) < 4.78 is 17.4. The van der Waals surface area contributed by atoms with Crippen molar-refractivity contribution in [2.75, 3.05) is 25.1 Å². The van der Waals surface area contributed by atoms with Gasteiger partial charge in [0.05, 0.1) is 12.7 Å². The molecule has 2 aromatic rings. The topological polar surface area (TPSA) is 39.7 Å². The maximum atomic E-state index is 5.95. The van der Waals surface area contributed by atoms with Crippen molar-refractivity contribution in [1.82, 2.24) is 0 Å². The van der Waals surface area contributed by atoms with Gasteiger partial charge in [-0.2, -0.15) is 0 Å². The Morgan fingerprint density at radius 3 is 2.27 bits per heavy atom. The maximum absolute atomic E-state index is 5.95. The zero-order chi connectivity index (χ0) is 20.4. The summed E-state index contributed by atoms with van der Waals surface area (Å²) in [7, 11) is 0. The molecule has 0 aromatic heterocycles. The normalized spacial score (nSPS) is 19.5. The van der Waals surface area contributed by atoms with Crippen molar-refractivity contribution in [2.24, 2.45) is 5.92 Å². The summed E-state index contributed by atoms with van der Waals surface area (Å²) in [5.74, 6) is 2.74. The number of ether oxygens (including phenoxy) is 3. The first-order valence-corrected chi connectivity index (χ1v) is 11.7. The third kappa shape index (κ3) is 6.66. The molecule has 1 atom stereocenters. The lowest BCUT2D eigenvalue weighted by atomic mass is 9.87. The predicted molar refractivity (Wildman–Crippen MR) is 121 cm³/mol. The van der Waals surface area contributed by atoms with Gasteiger partial charge in [0.2, 0.25) is 0 Å². The van der Waals surface area contributed by atoms with Crippen LogP contribution in [0.1, 0.15) is 56.9 Å². The lowest BCUT2D eigenvalue weighted by Gasteiger charge is -2.21. The van der Waals surface area contributed by atoms with Crippen LogP contribution in [0, 0.1) is 5.92 Å². The standard InChI is InChI=1S/C26H35NO3/c1-2-5-21(6-3-1)16-18-29-24-14-10-23(11-15-24)27-19-22-8-12-25(13-9-22)30-20-26-7-4-17-28-26/h8-15,21,26-27H,1-7,16-20H2. The summed E-state index contributed by atoms with van der Waals surface area (Å²) in [4.78, 5) is 0. The van der Waals surface area contributed by atoms with E-state index in [1.807, 2.05) is 12.1 Å². The van der Waals surface area contributed by atoms with E-state index in [4.69, 9.17) is 14.2 Å². The van der Waals surface area contributed by atoms with E-state index in [0.29, 0.717) is 6.61 Å². The van der Waals surface area contributed by atoms with Crippen molar-refractivity contribution in [2.45, 2.75) is 64.0 Å². The van der Waals surface area contributed by atoms with E-state index in [-0.39, 0.29) is 6.10 Å². The van der Waals surface area contributed by atoms with Crippen LogP contribution in [0.25, 0.3) is 0 Å². The van der Waals surface area contributed by atoms with Crippen molar-refractivity contribution in [3.8, 4) is 11.5 Å². The first kappa shape index (κ1) is 21.0. The number of rotatable bonds is 10. The molecule has 4 rings (SSSR count). The Morgan fingerprint density at radius 2 is 1.53 bits per heavy atom. The minimum absolute atomic E-state index is 0.255. The zero-order valence-electron chi connectivity index (χ0n) is 18.0. The molecule has 1 saturated heterocycles. The lowest BCUT2D eigenvalue weighted by Crippen LogP contribution is -2.16. The molecular weight excluding hydrogens is 374 g/mol. The van der Waals surface area contributed by atoms with E-state index in [1.165, 1.54) is 44.1 Å². The predicted octanol–water partition coefficient (Wildman–Crippen LogP) is 6.21. The van der Waals surface area contributed by atoms with Crippen LogP contribution in [0.15, 0.2) is 48.5 Å². The van der Waals surface area contributed by atoms with Gasteiger partial charge in [-0.3, -0.25) is 0 Å². The van der Waals surface area contributed by atoms with Gasteiger partial charge in [-0.25, -0.2) is 0 Å². The Labute approximate surface area is 180 Å². The quantitative estimate of drug-likeness (QED) is 0.507. The van der Waals surface area contributed by atoms with Gasteiger partial charge in [-0.1, -0.05) is 44.2 Å². The average molecular weight is 410 g/mol. The molecule has 1 aliphatic heterocycles. The first-order valence-electron chi connectivity index (χ1n) is 11.7. The minimum Gasteiger partial charge on any atom is -0.494 e. The number of nitrogens with one attached hydrogen (secondary N) is 1. The van der Waals surface area contributed by atoms with Gasteiger partial charge in [0.15, 0.2) is 0 Å². The van der Waals surface area contributed by atoms with Crippen molar-refractivity contribution in [3.63, 3.8) is 0 Å². The van der Waals surface area contributed by atoms with Crippen LogP contribution in [0.3, 0.4) is 0 Å². The second-order valence-corrected chi connectivity index (χ2v) is 8.61. The molecule has 0 amide bonds. The Hall–Kier alpha value is -2.20. The molecule has 162 valence electrons. The van der Waals surface area contributed by atoms with Gasteiger partial charge >= 0.3 is 0 Å². The minimum atomic E-state index is 0.255. The van der Waals surface area contributed by atoms with Gasteiger partial charge in [-0.05, 0) is 67.1 Å². The van der Waals surface area contributed by atoms with Crippen molar-refractivity contribution < 1.29 is 14.2 Å². The molecule has 1 unspecified atom stereocenters. The smallest absolute Gasteiger partial charge is 0.119 e. The molecule has 2 aliphatic rings. The Bertz CT molecular complexity index is 732. The third-order valence-electron chi connectivity index (χ3n) is 6.25. The SMILES string of the molecule is c1cc(OCC2CCCO2)ccc1CNc1ccc(OCCC2CCCCC2)cc1. The first-order chi connectivity index (χ1) is 14.8. The van der Waals surface area contributed by atoms with E-state index >= 15 is 0 Å². The highest BCUT2D eigenvalue weighted by Crippen LogP contribution is 2.26. The highest BCUT2D eigenvalue weighted by Gasteiger charge is 2.16. The molecular formula is C26H35NO3. The van der Waals surface area contributed by atoms with Crippen LogP contribution >= 0.6 is 0 Å². The summed E-state index contributed by atoms with van der Waals surface area (Å²) >= 11 is 0. The van der Waals surface area contributed by atoms with E-state index in [1.54, 1.807) is 0 Å². The molecule has 0 spiro atoms. The number of benzene rings is 2. The monoisotopic (exact) mass is 409 g/mol. The summed E-state index contributed by atoms with van der Waals surface area (Å²) in [6, 6.07) is 16.6. The second kappa shape index (κ2) is 11.3. The molecule has 2 fully saturated rings. The highest BCUT2D eigenvalue weighted by atomic mass is 16.5. The highest BCUT2D eigenvalue weighted by molar-refractivity contribution is 5.47. The maximum Gasteiger partial charge on any atom is 0.119 e. The molecule has 4 nitrogen and oxygen atoms in total. The molecule has 0 radical (unpaired) electrons. The molecule has 1 saturated carbocycles. The van der Waals surface area contributed by atoms with E-state index in [2.05, 4.69) is 41.7 Å². The van der Waals surface area contributed by atoms with E-state index < -0.39 is 0 Å². The van der Waals surface area contributed by atoms with Crippen LogP contribution in [0.5, 0.6) is 11.5 Å². The molecule has 1 aliphatic carbocycles. The number of hydrogen-bond donors (Lipinski definition) is 1. The van der Waals surface area contributed by atoms with Crippen LogP contribution in [0.4, 0.5) is 5.69 Å². The molecule has 1 heterocycles. The Kier molecular flexibility index (Phi) is 7.90. The summed E-state index contributed by atoms with van der Waals surface area (Å²) in [5, 5.41) is 3.48. The third-order valence-corrected chi connectivity index (χ3v) is 6.25. The largest absolute Gasteiger partial charge is 0.494 e. The van der Waals surface area contributed by atoms with Gasteiger partial charge in [0, 0.05) is 18.8 Å². The lowest BCUT2D eigenvalue weighted by molar-refractivity contribution is 0.0679. The number of anilines is 1. The van der Waals surface area contributed by atoms with Gasteiger partial charge in [0.25, 0.3) is 0 Å². The molecule has 1 N–H and O–H groups in total. The zero-order valence-corrected chi connectivity index (χ0v) is 18.0. The average Bonchev–Trinajstić information content (AvgIpc) is 3.32. The van der Waals surface area contributed by atoms with Crippen molar-refractivity contribution in [1.29, 1.82) is 0 Å². The fourth-order valence-corrected chi connectivity index (χ4v) is 4.36. The fraction of sp³-hybridized carbons (Fsp3) is 0.538. The summed E-state index contributed by atoms with van der Waals surface area (Å²) in [6.07, 6.45) is 10.7. The Morgan fingerprint density at radius 1 is 0.800 bits per heavy atom. The van der Waals surface area contributed by atoms with Gasteiger partial charge in [0.1, 0.15) is 18.1 Å². The molecule has 0 bridgehead atoms. The molecule has 4 heteroatoms. The molecule has 30 heavy (non-hydrogen) atoms. The summed E-state index contributed by atoms with van der Waals surface area (Å²) in [6.45, 7) is 3.13. The fourth-order valence-electron chi connectivity index (χ4n) is 4.36. The Balaban J connectivity index is 1.15. The van der Waals surface area contributed by atoms with Crippen LogP contribution in [-0.4, -0.2) is 25.9 Å². The van der Waals surface area contributed by atoms with Crippen LogP contribution in [-0.2, 0) is 11.3 Å². The van der Waals surface area contributed by atoms with Crippen LogP contribution < -0.4 is 14.8 Å². The number of hydrogen-bond acceptors (Lipinski definition) is 4. The van der Waals surface area contributed by atoms with Gasteiger partial charge in [-0.15, -0.1) is 0 Å². The van der Waals surface area contributed by atoms with Crippen LogP contribution in [0.2, 0.25) is 0 Å². The summed E-state index contributed by atoms with van der Waals surface area (Å²) in [5.41, 5.74) is 2.33. The van der Waals surface area contributed by atoms with Gasteiger partial charge < -0.3 is 19.5 Å². The van der Waals surface area contributed by atoms with Crippen molar-refractivity contribution in [3.05, 3.63) is 54.1 Å².